The third-order valence-electron chi connectivity index (χ3n) is 4.81. The average molecular weight is 310 g/mol. The summed E-state index contributed by atoms with van der Waals surface area (Å²) in [6, 6.07) is 7.75. The number of amides is 1. The van der Waals surface area contributed by atoms with E-state index in [-0.39, 0.29) is 11.9 Å². The number of benzene rings is 1. The molecule has 4 heteroatoms. The summed E-state index contributed by atoms with van der Waals surface area (Å²) in [5.41, 5.74) is 0.762. The maximum absolute atomic E-state index is 12.3. The van der Waals surface area contributed by atoms with E-state index in [0.717, 1.165) is 11.6 Å². The van der Waals surface area contributed by atoms with E-state index in [2.05, 4.69) is 24.5 Å². The normalized spacial score (nSPS) is 27.1. The minimum absolute atomic E-state index is 0.0442. The van der Waals surface area contributed by atoms with Gasteiger partial charge in [-0.05, 0) is 50.3 Å². The minimum Gasteiger partial charge on any atom is -0.334 e. The Bertz CT molecular complexity index is 491. The highest BCUT2D eigenvalue weighted by molar-refractivity contribution is 6.30. The van der Waals surface area contributed by atoms with Crippen molar-refractivity contribution in [2.75, 3.05) is 5.32 Å². The SMILES string of the molecule is C[C@H]1[C@@H]([NH2+][C@@H](C)C(=O)Nc2cccc(Cl)c2)CCC[C@@H]1C. The predicted octanol–water partition coefficient (Wildman–Crippen LogP) is 3.06. The molecule has 2 rings (SSSR count). The van der Waals surface area contributed by atoms with E-state index in [0.29, 0.717) is 17.0 Å². The molecule has 4 atom stereocenters. The van der Waals surface area contributed by atoms with Gasteiger partial charge in [0.15, 0.2) is 6.04 Å². The second kappa shape index (κ2) is 7.28. The van der Waals surface area contributed by atoms with E-state index in [9.17, 15) is 4.79 Å². The first kappa shape index (κ1) is 16.3. The third kappa shape index (κ3) is 4.45. The molecule has 1 aromatic carbocycles. The fourth-order valence-electron chi connectivity index (χ4n) is 3.18. The van der Waals surface area contributed by atoms with Crippen LogP contribution in [0.15, 0.2) is 24.3 Å². The first-order chi connectivity index (χ1) is 9.97. The van der Waals surface area contributed by atoms with Crippen molar-refractivity contribution in [2.45, 2.75) is 52.1 Å². The zero-order valence-corrected chi connectivity index (χ0v) is 13.9. The lowest BCUT2D eigenvalue weighted by Gasteiger charge is -2.33. The Morgan fingerprint density at radius 1 is 1.38 bits per heavy atom. The summed E-state index contributed by atoms with van der Waals surface area (Å²) >= 11 is 5.94. The average Bonchev–Trinajstić information content (AvgIpc) is 2.44. The molecule has 21 heavy (non-hydrogen) atoms. The molecule has 116 valence electrons. The first-order valence-electron chi connectivity index (χ1n) is 7.89. The summed E-state index contributed by atoms with van der Waals surface area (Å²) in [5.74, 6) is 1.46. The Morgan fingerprint density at radius 2 is 2.14 bits per heavy atom. The molecule has 1 aliphatic carbocycles. The van der Waals surface area contributed by atoms with Crippen molar-refractivity contribution in [3.63, 3.8) is 0 Å². The van der Waals surface area contributed by atoms with Crippen molar-refractivity contribution in [2.24, 2.45) is 11.8 Å². The van der Waals surface area contributed by atoms with Crippen LogP contribution in [-0.4, -0.2) is 18.0 Å². The van der Waals surface area contributed by atoms with Gasteiger partial charge in [-0.15, -0.1) is 0 Å². The summed E-state index contributed by atoms with van der Waals surface area (Å²) < 4.78 is 0. The molecule has 1 aliphatic rings. The van der Waals surface area contributed by atoms with E-state index in [1.165, 1.54) is 19.3 Å². The van der Waals surface area contributed by atoms with Crippen LogP contribution in [0.4, 0.5) is 5.69 Å². The molecule has 0 aromatic heterocycles. The van der Waals surface area contributed by atoms with Crippen molar-refractivity contribution >= 4 is 23.2 Å². The first-order valence-corrected chi connectivity index (χ1v) is 8.26. The number of nitrogens with one attached hydrogen (secondary N) is 1. The number of anilines is 1. The van der Waals surface area contributed by atoms with Crippen molar-refractivity contribution in [3.8, 4) is 0 Å². The lowest BCUT2D eigenvalue weighted by molar-refractivity contribution is -0.715. The molecule has 0 aliphatic heterocycles. The fraction of sp³-hybridized carbons (Fsp3) is 0.588. The number of hydrogen-bond donors (Lipinski definition) is 2. The Morgan fingerprint density at radius 3 is 2.86 bits per heavy atom. The Balaban J connectivity index is 1.90. The lowest BCUT2D eigenvalue weighted by atomic mass is 9.78. The van der Waals surface area contributed by atoms with Gasteiger partial charge in [-0.3, -0.25) is 4.79 Å². The van der Waals surface area contributed by atoms with Crippen LogP contribution < -0.4 is 10.6 Å². The van der Waals surface area contributed by atoms with E-state index in [1.54, 1.807) is 12.1 Å². The summed E-state index contributed by atoms with van der Waals surface area (Å²) in [5, 5.41) is 5.82. The molecular weight excluding hydrogens is 284 g/mol. The molecule has 0 saturated heterocycles. The number of quaternary nitrogens is 1. The summed E-state index contributed by atoms with van der Waals surface area (Å²) in [6.07, 6.45) is 3.80. The van der Waals surface area contributed by atoms with E-state index in [4.69, 9.17) is 11.6 Å². The zero-order valence-electron chi connectivity index (χ0n) is 13.1. The maximum atomic E-state index is 12.3. The quantitative estimate of drug-likeness (QED) is 0.882. The molecule has 0 bridgehead atoms. The predicted molar refractivity (Wildman–Crippen MR) is 87.4 cm³/mol. The molecular formula is C17H26ClN2O+. The summed E-state index contributed by atoms with van der Waals surface area (Å²) in [7, 11) is 0. The van der Waals surface area contributed by atoms with Gasteiger partial charge in [0.05, 0.1) is 6.04 Å². The molecule has 0 spiro atoms. The van der Waals surface area contributed by atoms with Gasteiger partial charge in [0.2, 0.25) is 0 Å². The lowest BCUT2D eigenvalue weighted by Crippen LogP contribution is -2.97. The topological polar surface area (TPSA) is 45.7 Å². The van der Waals surface area contributed by atoms with Gasteiger partial charge in [-0.25, -0.2) is 0 Å². The largest absolute Gasteiger partial charge is 0.334 e. The van der Waals surface area contributed by atoms with Gasteiger partial charge < -0.3 is 10.6 Å². The highest BCUT2D eigenvalue weighted by atomic mass is 35.5. The standard InChI is InChI=1S/C17H25ClN2O/c1-11-6-4-9-16(12(11)2)19-13(3)17(21)20-15-8-5-7-14(18)10-15/h5,7-8,10-13,16,19H,4,6,9H2,1-3H3,(H,20,21)/p+1/t11-,12+,13-,16-/m0/s1. The van der Waals surface area contributed by atoms with Crippen LogP contribution in [0.5, 0.6) is 0 Å². The Hall–Kier alpha value is -1.06. The van der Waals surface area contributed by atoms with Crippen LogP contribution in [0.1, 0.15) is 40.0 Å². The summed E-state index contributed by atoms with van der Waals surface area (Å²) in [4.78, 5) is 12.3. The molecule has 3 N–H and O–H groups in total. The molecule has 1 fully saturated rings. The summed E-state index contributed by atoms with van der Waals surface area (Å²) in [6.45, 7) is 6.61. The maximum Gasteiger partial charge on any atom is 0.282 e. The van der Waals surface area contributed by atoms with Gasteiger partial charge >= 0.3 is 0 Å². The van der Waals surface area contributed by atoms with Crippen LogP contribution in [0.3, 0.4) is 0 Å². The monoisotopic (exact) mass is 309 g/mol. The number of rotatable bonds is 4. The smallest absolute Gasteiger partial charge is 0.282 e. The van der Waals surface area contributed by atoms with E-state index < -0.39 is 0 Å². The van der Waals surface area contributed by atoms with Gasteiger partial charge in [0.25, 0.3) is 5.91 Å². The van der Waals surface area contributed by atoms with Crippen molar-refractivity contribution in [1.29, 1.82) is 0 Å². The van der Waals surface area contributed by atoms with E-state index in [1.807, 2.05) is 19.1 Å². The van der Waals surface area contributed by atoms with Gasteiger partial charge in [0.1, 0.15) is 0 Å². The highest BCUT2D eigenvalue weighted by Gasteiger charge is 2.32. The van der Waals surface area contributed by atoms with Crippen LogP contribution in [0.2, 0.25) is 5.02 Å². The number of hydrogen-bond acceptors (Lipinski definition) is 1. The number of carbonyl (C=O) groups excluding carboxylic acids is 1. The molecule has 0 heterocycles. The van der Waals surface area contributed by atoms with Gasteiger partial charge in [-0.2, -0.15) is 0 Å². The number of halogens is 1. The van der Waals surface area contributed by atoms with Crippen LogP contribution in [0, 0.1) is 11.8 Å². The minimum atomic E-state index is -0.0817. The van der Waals surface area contributed by atoms with Crippen LogP contribution >= 0.6 is 11.6 Å². The van der Waals surface area contributed by atoms with Crippen molar-refractivity contribution in [1.82, 2.24) is 0 Å². The zero-order chi connectivity index (χ0) is 15.4. The molecule has 1 saturated carbocycles. The molecule has 1 aromatic rings. The van der Waals surface area contributed by atoms with Crippen molar-refractivity contribution in [3.05, 3.63) is 29.3 Å². The van der Waals surface area contributed by atoms with Gasteiger partial charge in [0, 0.05) is 16.6 Å². The molecule has 0 radical (unpaired) electrons. The highest BCUT2D eigenvalue weighted by Crippen LogP contribution is 2.27. The van der Waals surface area contributed by atoms with Crippen LogP contribution in [-0.2, 0) is 4.79 Å². The number of nitrogens with two attached hydrogens (primary N) is 1. The van der Waals surface area contributed by atoms with Crippen LogP contribution in [0.25, 0.3) is 0 Å². The Kier molecular flexibility index (Phi) is 5.65. The van der Waals surface area contributed by atoms with Gasteiger partial charge in [-0.1, -0.05) is 31.5 Å². The second-order valence-corrected chi connectivity index (χ2v) is 6.85. The Labute approximate surface area is 132 Å². The van der Waals surface area contributed by atoms with E-state index >= 15 is 0 Å². The second-order valence-electron chi connectivity index (χ2n) is 6.41. The van der Waals surface area contributed by atoms with Crippen molar-refractivity contribution < 1.29 is 10.1 Å². The molecule has 0 unspecified atom stereocenters. The fourth-order valence-corrected chi connectivity index (χ4v) is 3.37. The molecule has 3 nitrogen and oxygen atoms in total. The number of carbonyl (C=O) groups is 1. The third-order valence-corrected chi connectivity index (χ3v) is 5.05. The molecule has 1 amide bonds.